The minimum Gasteiger partial charge on any atom is -0.462 e. The van der Waals surface area contributed by atoms with Gasteiger partial charge in [-0.2, -0.15) is 13.2 Å². The van der Waals surface area contributed by atoms with Gasteiger partial charge >= 0.3 is 12.1 Å². The first kappa shape index (κ1) is 14.3. The third kappa shape index (κ3) is 3.94. The van der Waals surface area contributed by atoms with Crippen LogP contribution in [0.5, 0.6) is 0 Å². The molecular weight excluding hydrogens is 247 g/mol. The van der Waals surface area contributed by atoms with E-state index in [2.05, 4.69) is 0 Å². The smallest absolute Gasteiger partial charge is 0.389 e. The molecular formula is C12H14F3NO2. The predicted molar refractivity (Wildman–Crippen MR) is 61.2 cm³/mol. The number of para-hydroxylation sites is 1. The number of carbonyl (C=O) groups excluding carboxylic acids is 1. The molecule has 0 aliphatic carbocycles. The molecule has 18 heavy (non-hydrogen) atoms. The zero-order valence-electron chi connectivity index (χ0n) is 9.88. The molecule has 0 radical (unpaired) electrons. The van der Waals surface area contributed by atoms with Gasteiger partial charge in [0.25, 0.3) is 0 Å². The highest BCUT2D eigenvalue weighted by Crippen LogP contribution is 2.26. The SMILES string of the molecule is CCOC(=O)c1cccc(CCC(F)(F)F)c1N. The maximum Gasteiger partial charge on any atom is 0.389 e. The number of hydrogen-bond donors (Lipinski definition) is 1. The van der Waals surface area contributed by atoms with E-state index in [1.807, 2.05) is 0 Å². The summed E-state index contributed by atoms with van der Waals surface area (Å²) >= 11 is 0. The zero-order chi connectivity index (χ0) is 13.8. The molecule has 0 saturated carbocycles. The molecule has 0 aliphatic heterocycles. The molecule has 0 unspecified atom stereocenters. The Morgan fingerprint density at radius 2 is 2.06 bits per heavy atom. The van der Waals surface area contributed by atoms with Gasteiger partial charge in [0.1, 0.15) is 0 Å². The molecule has 0 amide bonds. The monoisotopic (exact) mass is 261 g/mol. The van der Waals surface area contributed by atoms with Crippen molar-refractivity contribution in [3.05, 3.63) is 29.3 Å². The number of rotatable bonds is 4. The number of nitrogen functional groups attached to an aromatic ring is 1. The highest BCUT2D eigenvalue weighted by molar-refractivity contribution is 5.95. The van der Waals surface area contributed by atoms with Crippen LogP contribution in [0.15, 0.2) is 18.2 Å². The van der Waals surface area contributed by atoms with E-state index < -0.39 is 18.6 Å². The standard InChI is InChI=1S/C12H14F3NO2/c1-2-18-11(17)9-5-3-4-8(10(9)16)6-7-12(13,14)15/h3-5H,2,6-7,16H2,1H3. The van der Waals surface area contributed by atoms with Gasteiger partial charge < -0.3 is 10.5 Å². The lowest BCUT2D eigenvalue weighted by Crippen LogP contribution is -2.12. The lowest BCUT2D eigenvalue weighted by atomic mass is 10.0. The van der Waals surface area contributed by atoms with E-state index in [4.69, 9.17) is 10.5 Å². The predicted octanol–water partition coefficient (Wildman–Crippen LogP) is 2.94. The molecule has 100 valence electrons. The number of ether oxygens (including phenoxy) is 1. The van der Waals surface area contributed by atoms with Crippen LogP contribution in [0.1, 0.15) is 29.3 Å². The Morgan fingerprint density at radius 1 is 1.39 bits per heavy atom. The fourth-order valence-corrected chi connectivity index (χ4v) is 1.49. The van der Waals surface area contributed by atoms with Crippen molar-refractivity contribution >= 4 is 11.7 Å². The second-order valence-corrected chi connectivity index (χ2v) is 3.71. The van der Waals surface area contributed by atoms with Crippen LogP contribution in [-0.4, -0.2) is 18.8 Å². The van der Waals surface area contributed by atoms with Crippen LogP contribution in [0.4, 0.5) is 18.9 Å². The summed E-state index contributed by atoms with van der Waals surface area (Å²) in [7, 11) is 0. The maximum atomic E-state index is 12.1. The summed E-state index contributed by atoms with van der Waals surface area (Å²) in [5.74, 6) is -0.621. The summed E-state index contributed by atoms with van der Waals surface area (Å²) in [6, 6.07) is 4.41. The van der Waals surface area contributed by atoms with Crippen molar-refractivity contribution in [3.63, 3.8) is 0 Å². The van der Waals surface area contributed by atoms with E-state index in [1.165, 1.54) is 18.2 Å². The van der Waals surface area contributed by atoms with Crippen LogP contribution in [0.2, 0.25) is 0 Å². The Kier molecular flexibility index (Phi) is 4.58. The van der Waals surface area contributed by atoms with Crippen molar-refractivity contribution in [3.8, 4) is 0 Å². The number of hydrogen-bond acceptors (Lipinski definition) is 3. The van der Waals surface area contributed by atoms with E-state index in [1.54, 1.807) is 6.92 Å². The normalized spacial score (nSPS) is 11.3. The topological polar surface area (TPSA) is 52.3 Å². The molecule has 0 saturated heterocycles. The fraction of sp³-hybridized carbons (Fsp3) is 0.417. The van der Waals surface area contributed by atoms with Crippen LogP contribution in [0.25, 0.3) is 0 Å². The largest absolute Gasteiger partial charge is 0.462 e. The number of alkyl halides is 3. The number of esters is 1. The number of carbonyl (C=O) groups is 1. The molecule has 1 aromatic rings. The summed E-state index contributed by atoms with van der Waals surface area (Å²) in [6.07, 6.45) is -5.46. The second kappa shape index (κ2) is 5.75. The van der Waals surface area contributed by atoms with E-state index in [-0.39, 0.29) is 24.3 Å². The lowest BCUT2D eigenvalue weighted by molar-refractivity contribution is -0.133. The summed E-state index contributed by atoms with van der Waals surface area (Å²) in [6.45, 7) is 1.83. The number of benzene rings is 1. The average Bonchev–Trinajstić information content (AvgIpc) is 2.26. The van der Waals surface area contributed by atoms with E-state index in [9.17, 15) is 18.0 Å². The van der Waals surface area contributed by atoms with Crippen LogP contribution in [0.3, 0.4) is 0 Å². The van der Waals surface area contributed by atoms with Crippen molar-refractivity contribution in [2.75, 3.05) is 12.3 Å². The zero-order valence-corrected chi connectivity index (χ0v) is 9.88. The average molecular weight is 261 g/mol. The molecule has 6 heteroatoms. The number of halogens is 3. The maximum absolute atomic E-state index is 12.1. The first-order chi connectivity index (χ1) is 8.35. The summed E-state index contributed by atoms with van der Waals surface area (Å²) in [5, 5.41) is 0. The Labute approximate surface area is 103 Å². The van der Waals surface area contributed by atoms with E-state index >= 15 is 0 Å². The highest BCUT2D eigenvalue weighted by atomic mass is 19.4. The van der Waals surface area contributed by atoms with E-state index in [0.717, 1.165) is 0 Å². The third-order valence-corrected chi connectivity index (χ3v) is 2.37. The molecule has 2 N–H and O–H groups in total. The Hall–Kier alpha value is -1.72. The van der Waals surface area contributed by atoms with E-state index in [0.29, 0.717) is 5.56 Å². The molecule has 0 heterocycles. The summed E-state index contributed by atoms with van der Waals surface area (Å²) in [5.41, 5.74) is 6.14. The summed E-state index contributed by atoms with van der Waals surface area (Å²) in [4.78, 5) is 11.5. The van der Waals surface area contributed by atoms with Gasteiger partial charge in [-0.25, -0.2) is 4.79 Å². The van der Waals surface area contributed by atoms with Crippen molar-refractivity contribution in [2.45, 2.75) is 25.9 Å². The van der Waals surface area contributed by atoms with Gasteiger partial charge in [0.2, 0.25) is 0 Å². The van der Waals surface area contributed by atoms with Gasteiger partial charge in [0, 0.05) is 12.1 Å². The molecule has 0 aromatic heterocycles. The van der Waals surface area contributed by atoms with Gasteiger partial charge in [-0.1, -0.05) is 12.1 Å². The Morgan fingerprint density at radius 3 is 2.61 bits per heavy atom. The molecule has 1 aromatic carbocycles. The van der Waals surface area contributed by atoms with Gasteiger partial charge in [-0.3, -0.25) is 0 Å². The molecule has 0 spiro atoms. The molecule has 0 aliphatic rings. The van der Waals surface area contributed by atoms with Crippen LogP contribution in [0, 0.1) is 0 Å². The molecule has 3 nitrogen and oxygen atoms in total. The number of aryl methyl sites for hydroxylation is 1. The first-order valence-electron chi connectivity index (χ1n) is 5.46. The Bertz CT molecular complexity index is 430. The quantitative estimate of drug-likeness (QED) is 0.669. The first-order valence-corrected chi connectivity index (χ1v) is 5.46. The minimum absolute atomic E-state index is 0.0557. The van der Waals surface area contributed by atoms with Gasteiger partial charge in [-0.15, -0.1) is 0 Å². The van der Waals surface area contributed by atoms with Crippen molar-refractivity contribution in [2.24, 2.45) is 0 Å². The lowest BCUT2D eigenvalue weighted by Gasteiger charge is -2.11. The van der Waals surface area contributed by atoms with Crippen molar-refractivity contribution < 1.29 is 22.7 Å². The Balaban J connectivity index is 2.88. The second-order valence-electron chi connectivity index (χ2n) is 3.71. The summed E-state index contributed by atoms with van der Waals surface area (Å²) < 4.78 is 41.1. The highest BCUT2D eigenvalue weighted by Gasteiger charge is 2.27. The van der Waals surface area contributed by atoms with Gasteiger partial charge in [0.15, 0.2) is 0 Å². The van der Waals surface area contributed by atoms with Gasteiger partial charge in [-0.05, 0) is 25.0 Å². The van der Waals surface area contributed by atoms with Crippen LogP contribution >= 0.6 is 0 Å². The van der Waals surface area contributed by atoms with Crippen molar-refractivity contribution in [1.82, 2.24) is 0 Å². The molecule has 1 rings (SSSR count). The molecule has 0 bridgehead atoms. The fourth-order valence-electron chi connectivity index (χ4n) is 1.49. The minimum atomic E-state index is -4.24. The number of nitrogens with two attached hydrogens (primary N) is 1. The van der Waals surface area contributed by atoms with Crippen molar-refractivity contribution in [1.29, 1.82) is 0 Å². The number of anilines is 1. The molecule has 0 fully saturated rings. The third-order valence-electron chi connectivity index (χ3n) is 2.37. The molecule has 0 atom stereocenters. The van der Waals surface area contributed by atoms with Crippen LogP contribution < -0.4 is 5.73 Å². The van der Waals surface area contributed by atoms with Crippen LogP contribution in [-0.2, 0) is 11.2 Å². The van der Waals surface area contributed by atoms with Gasteiger partial charge in [0.05, 0.1) is 12.2 Å².